The fraction of sp³-hybridized carbons (Fsp3) is 0.688. The third-order valence-corrected chi connectivity index (χ3v) is 4.74. The van der Waals surface area contributed by atoms with E-state index in [9.17, 15) is 0 Å². The van der Waals surface area contributed by atoms with Crippen molar-refractivity contribution in [1.29, 1.82) is 0 Å². The zero-order chi connectivity index (χ0) is 16.3. The minimum absolute atomic E-state index is 0.191. The normalized spacial score (nSPS) is 14.3. The van der Waals surface area contributed by atoms with Crippen LogP contribution >= 0.6 is 15.9 Å². The number of hydrogen-bond donors (Lipinski definition) is 1. The van der Waals surface area contributed by atoms with Crippen molar-refractivity contribution in [1.82, 2.24) is 4.98 Å². The van der Waals surface area contributed by atoms with E-state index in [1.807, 2.05) is 12.3 Å². The van der Waals surface area contributed by atoms with Crippen LogP contribution in [-0.2, 0) is 4.43 Å². The molecule has 0 aliphatic heterocycles. The predicted octanol–water partition coefficient (Wildman–Crippen LogP) is 4.91. The smallest absolute Gasteiger partial charge is 0.236 e. The van der Waals surface area contributed by atoms with Gasteiger partial charge in [-0.1, -0.05) is 34.6 Å². The first-order valence-electron chi connectivity index (χ1n) is 7.33. The number of rotatable bonds is 6. The van der Waals surface area contributed by atoms with E-state index >= 15 is 0 Å². The van der Waals surface area contributed by atoms with E-state index < -0.39 is 0 Å². The average Bonchev–Trinajstić information content (AvgIpc) is 2.32. The van der Waals surface area contributed by atoms with Crippen molar-refractivity contribution in [3.8, 4) is 0 Å². The number of aromatic nitrogens is 1. The highest BCUT2D eigenvalue weighted by molar-refractivity contribution is 9.10. The van der Waals surface area contributed by atoms with Gasteiger partial charge in [0.2, 0.25) is 9.76 Å². The topological polar surface area (TPSA) is 34.2 Å². The highest BCUT2D eigenvalue weighted by Crippen LogP contribution is 2.29. The summed E-state index contributed by atoms with van der Waals surface area (Å²) in [7, 11) is 0.472. The van der Waals surface area contributed by atoms with Crippen LogP contribution in [0, 0.1) is 5.92 Å². The van der Waals surface area contributed by atoms with Gasteiger partial charge >= 0.3 is 0 Å². The van der Waals surface area contributed by atoms with Crippen LogP contribution in [-0.4, -0.2) is 26.4 Å². The number of pyridine rings is 1. The number of anilines is 1. The monoisotopic (exact) mass is 370 g/mol. The molecule has 0 aliphatic rings. The Morgan fingerprint density at radius 3 is 2.29 bits per heavy atom. The largest absolute Gasteiger partial charge is 0.410 e. The van der Waals surface area contributed by atoms with Crippen molar-refractivity contribution < 1.29 is 4.43 Å². The lowest BCUT2D eigenvalue weighted by molar-refractivity contribution is 0.0708. The molecule has 1 heterocycles. The van der Waals surface area contributed by atoms with E-state index in [4.69, 9.17) is 4.43 Å². The van der Waals surface area contributed by atoms with Crippen LogP contribution in [0.1, 0.15) is 48.5 Å². The maximum Gasteiger partial charge on any atom is 0.236 e. The summed E-state index contributed by atoms with van der Waals surface area (Å²) >= 11 is 3.46. The van der Waals surface area contributed by atoms with Gasteiger partial charge in [0.25, 0.3) is 0 Å². The van der Waals surface area contributed by atoms with Gasteiger partial charge in [0.05, 0.1) is 23.5 Å². The van der Waals surface area contributed by atoms with Crippen LogP contribution in [0.4, 0.5) is 5.69 Å². The number of nitrogens with zero attached hydrogens (tertiary/aromatic N) is 1. The molecule has 3 nitrogen and oxygen atoms in total. The molecule has 0 saturated carbocycles. The van der Waals surface area contributed by atoms with Gasteiger partial charge in [-0.2, -0.15) is 0 Å². The van der Waals surface area contributed by atoms with Gasteiger partial charge in [-0.3, -0.25) is 4.98 Å². The molecule has 1 aromatic rings. The van der Waals surface area contributed by atoms with Gasteiger partial charge in [0.1, 0.15) is 0 Å². The lowest BCUT2D eigenvalue weighted by Crippen LogP contribution is -2.49. The van der Waals surface area contributed by atoms with E-state index in [0.29, 0.717) is 15.7 Å². The summed E-state index contributed by atoms with van der Waals surface area (Å²) in [6, 6.07) is 2.26. The predicted molar refractivity (Wildman–Crippen MR) is 94.8 cm³/mol. The van der Waals surface area contributed by atoms with Crippen molar-refractivity contribution in [2.24, 2.45) is 5.92 Å². The summed E-state index contributed by atoms with van der Waals surface area (Å²) in [6.45, 7) is 15.4. The summed E-state index contributed by atoms with van der Waals surface area (Å²) in [5.41, 5.74) is 0.765. The molecular weight excluding hydrogens is 344 g/mol. The standard InChI is InChI=1S/C16H27BrN2OSi/c1-11(2)14(16(6,7)20-21-15(3,4)5)19-13-8-12(17)9-18-10-13/h8-11,14,19H,1-7H3. The van der Waals surface area contributed by atoms with Crippen molar-refractivity contribution in [2.75, 3.05) is 5.32 Å². The van der Waals surface area contributed by atoms with Crippen LogP contribution in [0.3, 0.4) is 0 Å². The van der Waals surface area contributed by atoms with Crippen molar-refractivity contribution >= 4 is 31.4 Å². The quantitative estimate of drug-likeness (QED) is 0.721. The van der Waals surface area contributed by atoms with Gasteiger partial charge in [0.15, 0.2) is 0 Å². The Morgan fingerprint density at radius 1 is 1.19 bits per heavy atom. The minimum Gasteiger partial charge on any atom is -0.410 e. The van der Waals surface area contributed by atoms with Gasteiger partial charge in [-0.15, -0.1) is 0 Å². The lowest BCUT2D eigenvalue weighted by atomic mass is 9.89. The maximum absolute atomic E-state index is 6.25. The molecular formula is C16H27BrN2OSi. The van der Waals surface area contributed by atoms with E-state index in [0.717, 1.165) is 10.2 Å². The van der Waals surface area contributed by atoms with Crippen molar-refractivity contribution in [3.05, 3.63) is 22.9 Å². The first-order valence-corrected chi connectivity index (χ1v) is 9.03. The number of halogens is 1. The molecule has 5 heteroatoms. The van der Waals surface area contributed by atoms with Gasteiger partial charge in [-0.25, -0.2) is 0 Å². The fourth-order valence-corrected chi connectivity index (χ4v) is 3.22. The molecule has 118 valence electrons. The second-order valence-corrected chi connectivity index (χ2v) is 10.1. The number of hydrogen-bond acceptors (Lipinski definition) is 3. The molecule has 0 saturated heterocycles. The first kappa shape index (κ1) is 18.7. The molecule has 0 aliphatic carbocycles. The Bertz CT molecular complexity index is 458. The molecule has 0 bridgehead atoms. The second kappa shape index (κ2) is 7.25. The highest BCUT2D eigenvalue weighted by atomic mass is 79.9. The zero-order valence-corrected chi connectivity index (χ0v) is 16.7. The highest BCUT2D eigenvalue weighted by Gasteiger charge is 2.34. The minimum atomic E-state index is -0.248. The summed E-state index contributed by atoms with van der Waals surface area (Å²) in [6.07, 6.45) is 3.64. The summed E-state index contributed by atoms with van der Waals surface area (Å²) in [5, 5.41) is 3.77. The first-order chi connectivity index (χ1) is 9.51. The molecule has 1 unspecified atom stereocenters. The Morgan fingerprint density at radius 2 is 1.81 bits per heavy atom. The maximum atomic E-state index is 6.25. The molecule has 21 heavy (non-hydrogen) atoms. The summed E-state index contributed by atoms with van der Waals surface area (Å²) in [5.74, 6) is 0.448. The summed E-state index contributed by atoms with van der Waals surface area (Å²) in [4.78, 5) is 4.22. The van der Waals surface area contributed by atoms with E-state index in [1.54, 1.807) is 6.20 Å². The molecule has 1 atom stereocenters. The Hall–Kier alpha value is -0.393. The molecule has 1 aromatic heterocycles. The Kier molecular flexibility index (Phi) is 6.44. The molecule has 0 fully saturated rings. The molecule has 2 radical (unpaired) electrons. The van der Waals surface area contributed by atoms with Crippen LogP contribution in [0.25, 0.3) is 0 Å². The number of nitrogens with one attached hydrogen (secondary N) is 1. The molecule has 0 aromatic carbocycles. The Labute approximate surface area is 140 Å². The summed E-state index contributed by atoms with van der Waals surface area (Å²) < 4.78 is 7.23. The van der Waals surface area contributed by atoms with Gasteiger partial charge in [0, 0.05) is 10.7 Å². The average molecular weight is 371 g/mol. The van der Waals surface area contributed by atoms with Crippen molar-refractivity contribution in [3.63, 3.8) is 0 Å². The molecule has 1 N–H and O–H groups in total. The lowest BCUT2D eigenvalue weighted by Gasteiger charge is -2.39. The molecule has 0 spiro atoms. The Balaban J connectivity index is 2.85. The van der Waals surface area contributed by atoms with Crippen LogP contribution in [0.5, 0.6) is 0 Å². The SMILES string of the molecule is CC(C)C(Nc1cncc(Br)c1)C(C)(C)O[Si]C(C)(C)C. The molecule has 1 rings (SSSR count). The van der Waals surface area contributed by atoms with Crippen LogP contribution in [0.15, 0.2) is 22.9 Å². The van der Waals surface area contributed by atoms with E-state index in [1.165, 1.54) is 0 Å². The van der Waals surface area contributed by atoms with Crippen LogP contribution < -0.4 is 5.32 Å². The third kappa shape index (κ3) is 6.49. The molecule has 0 amide bonds. The van der Waals surface area contributed by atoms with Gasteiger partial charge < -0.3 is 9.74 Å². The van der Waals surface area contributed by atoms with Crippen LogP contribution in [0.2, 0.25) is 5.04 Å². The second-order valence-electron chi connectivity index (χ2n) is 7.32. The van der Waals surface area contributed by atoms with Crippen molar-refractivity contribution in [2.45, 2.75) is 65.1 Å². The zero-order valence-electron chi connectivity index (χ0n) is 14.1. The van der Waals surface area contributed by atoms with Gasteiger partial charge in [-0.05, 0) is 46.8 Å². The fourth-order valence-electron chi connectivity index (χ4n) is 2.16. The van der Waals surface area contributed by atoms with E-state index in [2.05, 4.69) is 74.7 Å². The third-order valence-electron chi connectivity index (χ3n) is 3.06. The van der Waals surface area contributed by atoms with E-state index in [-0.39, 0.29) is 16.7 Å².